The molecule has 3 aromatic carbocycles. The lowest BCUT2D eigenvalue weighted by atomic mass is 10.00. The summed E-state index contributed by atoms with van der Waals surface area (Å²) in [5.41, 5.74) is -0.0844. The van der Waals surface area contributed by atoms with E-state index in [9.17, 15) is 25.0 Å². The number of esters is 1. The van der Waals surface area contributed by atoms with Gasteiger partial charge < -0.3 is 10.6 Å². The van der Waals surface area contributed by atoms with Gasteiger partial charge in [-0.1, -0.05) is 18.2 Å². The number of carbonyl (C=O) groups excluding carboxylic acids is 1. The molecule has 3 rings (SSSR count). The number of ether oxygens (including phenoxy) is 1. The average molecular weight is 406 g/mol. The van der Waals surface area contributed by atoms with Crippen LogP contribution in [-0.2, 0) is 0 Å². The summed E-state index contributed by atoms with van der Waals surface area (Å²) in [5.74, 6) is 5.16. The Hall–Kier alpha value is -4.60. The molecule has 0 saturated heterocycles. The predicted molar refractivity (Wildman–Crippen MR) is 107 cm³/mol. The fourth-order valence-electron chi connectivity index (χ4n) is 2.71. The van der Waals surface area contributed by atoms with Crippen molar-refractivity contribution in [2.75, 3.05) is 0 Å². The van der Waals surface area contributed by atoms with E-state index in [0.29, 0.717) is 11.1 Å². The highest BCUT2D eigenvalue weighted by Crippen LogP contribution is 2.27. The highest BCUT2D eigenvalue weighted by atomic mass is 16.6. The minimum atomic E-state index is -0.747. The number of hydrogen-bond donors (Lipinski definition) is 1. The lowest BCUT2D eigenvalue weighted by Gasteiger charge is -2.08. The Balaban J connectivity index is 1.89. The first-order chi connectivity index (χ1) is 14.4. The van der Waals surface area contributed by atoms with E-state index in [0.717, 1.165) is 12.1 Å². The van der Waals surface area contributed by atoms with Crippen molar-refractivity contribution in [2.24, 2.45) is 10.9 Å². The molecule has 10 nitrogen and oxygen atoms in total. The Morgan fingerprint density at radius 2 is 1.53 bits per heavy atom. The van der Waals surface area contributed by atoms with E-state index in [2.05, 4.69) is 5.10 Å². The molecule has 2 N–H and O–H groups in total. The summed E-state index contributed by atoms with van der Waals surface area (Å²) in [4.78, 5) is 32.9. The van der Waals surface area contributed by atoms with Gasteiger partial charge in [0.05, 0.1) is 27.0 Å². The molecule has 3 aromatic rings. The fourth-order valence-corrected chi connectivity index (χ4v) is 2.71. The highest BCUT2D eigenvalue weighted by Gasteiger charge is 2.24. The topological polar surface area (TPSA) is 151 Å². The van der Waals surface area contributed by atoms with Crippen LogP contribution >= 0.6 is 0 Å². The highest BCUT2D eigenvalue weighted by molar-refractivity contribution is 6.15. The van der Waals surface area contributed by atoms with Gasteiger partial charge in [-0.2, -0.15) is 5.10 Å². The largest absolute Gasteiger partial charge is 0.423 e. The van der Waals surface area contributed by atoms with Crippen molar-refractivity contribution in [2.45, 2.75) is 0 Å². The molecule has 0 atom stereocenters. The van der Waals surface area contributed by atoms with Crippen LogP contribution in [-0.4, -0.2) is 21.5 Å². The van der Waals surface area contributed by atoms with Crippen molar-refractivity contribution in [1.29, 1.82) is 0 Å². The standard InChI is InChI=1S/C20H14N4O6/c21-22-19(17-11-8-15(23(26)27)12-18(17)24(28)29)13-6-9-16(10-7-13)30-20(25)14-4-2-1-3-5-14/h1-12H,21H2/b22-19+. The molecule has 0 radical (unpaired) electrons. The molecule has 150 valence electrons. The number of non-ortho nitro benzene ring substituents is 1. The Bertz CT molecular complexity index is 1140. The molecular formula is C20H14N4O6. The molecule has 10 heteroatoms. The summed E-state index contributed by atoms with van der Waals surface area (Å²) in [5, 5.41) is 25.9. The van der Waals surface area contributed by atoms with Gasteiger partial charge in [0.25, 0.3) is 11.4 Å². The maximum absolute atomic E-state index is 12.1. The van der Waals surface area contributed by atoms with Crippen LogP contribution in [0.15, 0.2) is 77.9 Å². The minimum absolute atomic E-state index is 0.0159. The van der Waals surface area contributed by atoms with Crippen molar-refractivity contribution < 1.29 is 19.4 Å². The third kappa shape index (κ3) is 4.28. The molecule has 0 amide bonds. The molecule has 0 saturated carbocycles. The van der Waals surface area contributed by atoms with E-state index < -0.39 is 27.2 Å². The van der Waals surface area contributed by atoms with Crippen LogP contribution in [0.1, 0.15) is 21.5 Å². The van der Waals surface area contributed by atoms with Crippen molar-refractivity contribution >= 4 is 23.1 Å². The minimum Gasteiger partial charge on any atom is -0.423 e. The predicted octanol–water partition coefficient (Wildman–Crippen LogP) is 3.43. The lowest BCUT2D eigenvalue weighted by Crippen LogP contribution is -2.11. The number of benzene rings is 3. The smallest absolute Gasteiger partial charge is 0.343 e. The monoisotopic (exact) mass is 406 g/mol. The maximum Gasteiger partial charge on any atom is 0.343 e. The summed E-state index contributed by atoms with van der Waals surface area (Å²) in [6.45, 7) is 0. The number of nitro benzene ring substituents is 2. The number of hydrazone groups is 1. The first-order valence-corrected chi connectivity index (χ1v) is 8.49. The van der Waals surface area contributed by atoms with E-state index in [1.54, 1.807) is 30.3 Å². The van der Waals surface area contributed by atoms with Crippen LogP contribution < -0.4 is 10.6 Å². The lowest BCUT2D eigenvalue weighted by molar-refractivity contribution is -0.394. The number of nitrogens with two attached hydrogens (primary N) is 1. The summed E-state index contributed by atoms with van der Waals surface area (Å²) in [6, 6.07) is 17.6. The zero-order valence-electron chi connectivity index (χ0n) is 15.3. The van der Waals surface area contributed by atoms with Crippen molar-refractivity contribution in [3.63, 3.8) is 0 Å². The number of carbonyl (C=O) groups is 1. The Labute approximate surface area is 169 Å². The quantitative estimate of drug-likeness (QED) is 0.164. The number of rotatable bonds is 6. The Kier molecular flexibility index (Phi) is 5.78. The van der Waals surface area contributed by atoms with E-state index >= 15 is 0 Å². The first kappa shape index (κ1) is 20.1. The van der Waals surface area contributed by atoms with Gasteiger partial charge in [0.1, 0.15) is 11.5 Å². The molecule has 0 unspecified atom stereocenters. The van der Waals surface area contributed by atoms with Gasteiger partial charge >= 0.3 is 5.97 Å². The Morgan fingerprint density at radius 1 is 0.867 bits per heavy atom. The van der Waals surface area contributed by atoms with E-state index in [4.69, 9.17) is 10.6 Å². The molecule has 0 aromatic heterocycles. The van der Waals surface area contributed by atoms with Gasteiger partial charge in [-0.05, 0) is 42.5 Å². The fraction of sp³-hybridized carbons (Fsp3) is 0. The zero-order chi connectivity index (χ0) is 21.7. The van der Waals surface area contributed by atoms with E-state index in [1.165, 1.54) is 30.3 Å². The van der Waals surface area contributed by atoms with Gasteiger partial charge in [0, 0.05) is 11.6 Å². The second-order valence-corrected chi connectivity index (χ2v) is 5.97. The van der Waals surface area contributed by atoms with Crippen LogP contribution in [0.3, 0.4) is 0 Å². The molecule has 0 bridgehead atoms. The summed E-state index contributed by atoms with van der Waals surface area (Å²) in [6.07, 6.45) is 0. The van der Waals surface area contributed by atoms with Crippen LogP contribution in [0.4, 0.5) is 11.4 Å². The summed E-state index contributed by atoms with van der Waals surface area (Å²) >= 11 is 0. The van der Waals surface area contributed by atoms with Crippen LogP contribution in [0.2, 0.25) is 0 Å². The van der Waals surface area contributed by atoms with E-state index in [-0.39, 0.29) is 17.0 Å². The third-order valence-electron chi connectivity index (χ3n) is 4.12. The van der Waals surface area contributed by atoms with Crippen LogP contribution in [0.25, 0.3) is 0 Å². The number of nitro groups is 2. The second kappa shape index (κ2) is 8.61. The molecule has 0 aliphatic rings. The van der Waals surface area contributed by atoms with Crippen LogP contribution in [0.5, 0.6) is 5.75 Å². The number of nitrogens with zero attached hydrogens (tertiary/aromatic N) is 3. The van der Waals surface area contributed by atoms with Gasteiger partial charge in [-0.25, -0.2) is 4.79 Å². The van der Waals surface area contributed by atoms with Crippen LogP contribution in [0, 0.1) is 20.2 Å². The van der Waals surface area contributed by atoms with Gasteiger partial charge in [0.2, 0.25) is 0 Å². The molecule has 30 heavy (non-hydrogen) atoms. The summed E-state index contributed by atoms with van der Waals surface area (Å²) < 4.78 is 5.29. The molecule has 0 aliphatic heterocycles. The maximum atomic E-state index is 12.1. The van der Waals surface area contributed by atoms with Crippen molar-refractivity contribution in [1.82, 2.24) is 0 Å². The van der Waals surface area contributed by atoms with Crippen molar-refractivity contribution in [3.05, 3.63) is 110 Å². The van der Waals surface area contributed by atoms with Crippen molar-refractivity contribution in [3.8, 4) is 5.75 Å². The van der Waals surface area contributed by atoms with E-state index in [1.807, 2.05) is 0 Å². The average Bonchev–Trinajstić information content (AvgIpc) is 2.76. The molecular weight excluding hydrogens is 392 g/mol. The summed E-state index contributed by atoms with van der Waals surface area (Å²) in [7, 11) is 0. The normalized spacial score (nSPS) is 11.0. The van der Waals surface area contributed by atoms with Gasteiger partial charge in [-0.3, -0.25) is 20.2 Å². The second-order valence-electron chi connectivity index (χ2n) is 5.97. The number of hydrogen-bond acceptors (Lipinski definition) is 8. The zero-order valence-corrected chi connectivity index (χ0v) is 15.3. The van der Waals surface area contributed by atoms with Gasteiger partial charge in [0.15, 0.2) is 0 Å². The molecule has 0 spiro atoms. The SMILES string of the molecule is N/N=C(\c1ccc(OC(=O)c2ccccc2)cc1)c1ccc([N+](=O)[O-])cc1[N+](=O)[O-]. The molecule has 0 aliphatic carbocycles. The Morgan fingerprint density at radius 3 is 2.10 bits per heavy atom. The third-order valence-corrected chi connectivity index (χ3v) is 4.12. The molecule has 0 heterocycles. The molecule has 0 fully saturated rings. The first-order valence-electron chi connectivity index (χ1n) is 8.49. The van der Waals surface area contributed by atoms with Gasteiger partial charge in [-0.15, -0.1) is 0 Å².